The average molecular weight is 252 g/mol. The summed E-state index contributed by atoms with van der Waals surface area (Å²) in [5.41, 5.74) is 5.67. The molecular weight excluding hydrogens is 232 g/mol. The Labute approximate surface area is 106 Å². The van der Waals surface area contributed by atoms with Crippen molar-refractivity contribution in [2.45, 2.75) is 45.3 Å². The number of hydrogen-bond acceptors (Lipinski definition) is 5. The van der Waals surface area contributed by atoms with Gasteiger partial charge in [-0.15, -0.1) is 5.10 Å². The van der Waals surface area contributed by atoms with Crippen LogP contribution < -0.4 is 5.73 Å². The molecule has 0 atom stereocenters. The molecule has 2 rings (SSSR count). The van der Waals surface area contributed by atoms with Gasteiger partial charge in [-0.25, -0.2) is 4.79 Å². The minimum absolute atomic E-state index is 0.0355. The topological polar surface area (TPSA) is 83.0 Å². The monoisotopic (exact) mass is 252 g/mol. The van der Waals surface area contributed by atoms with Crippen LogP contribution >= 0.6 is 0 Å². The van der Waals surface area contributed by atoms with Crippen LogP contribution in [0.5, 0.6) is 0 Å². The number of carbonyl (C=O) groups is 1. The maximum absolute atomic E-state index is 11.8. The van der Waals surface area contributed by atoms with Crippen LogP contribution in [0.2, 0.25) is 0 Å². The van der Waals surface area contributed by atoms with Gasteiger partial charge in [0, 0.05) is 6.54 Å². The summed E-state index contributed by atoms with van der Waals surface area (Å²) in [5.74, 6) is 0.364. The van der Waals surface area contributed by atoms with Crippen molar-refractivity contribution in [3.05, 3.63) is 11.9 Å². The van der Waals surface area contributed by atoms with Crippen LogP contribution in [0.25, 0.3) is 0 Å². The minimum atomic E-state index is -0.377. The number of carbonyl (C=O) groups excluding carboxylic acids is 1. The fraction of sp³-hybridized carbons (Fsp3) is 0.750. The summed E-state index contributed by atoms with van der Waals surface area (Å²) >= 11 is 0. The lowest BCUT2D eigenvalue weighted by atomic mass is 9.89. The number of esters is 1. The Bertz CT molecular complexity index is 397. The van der Waals surface area contributed by atoms with Crippen molar-refractivity contribution in [1.82, 2.24) is 15.0 Å². The molecule has 0 spiro atoms. The minimum Gasteiger partial charge on any atom is -0.458 e. The Hall–Kier alpha value is -1.43. The third kappa shape index (κ3) is 3.29. The molecule has 1 aliphatic rings. The maximum Gasteiger partial charge on any atom is 0.360 e. The van der Waals surface area contributed by atoms with Crippen molar-refractivity contribution in [2.24, 2.45) is 11.7 Å². The molecule has 0 aromatic carbocycles. The zero-order valence-corrected chi connectivity index (χ0v) is 10.7. The van der Waals surface area contributed by atoms with E-state index in [4.69, 9.17) is 10.5 Å². The van der Waals surface area contributed by atoms with Gasteiger partial charge >= 0.3 is 5.97 Å². The average Bonchev–Trinajstić information content (AvgIpc) is 2.81. The van der Waals surface area contributed by atoms with Crippen LogP contribution in [0.3, 0.4) is 0 Å². The summed E-state index contributed by atoms with van der Waals surface area (Å²) < 4.78 is 6.99. The number of hydrogen-bond donors (Lipinski definition) is 1. The van der Waals surface area contributed by atoms with Crippen LogP contribution in [0.4, 0.5) is 0 Å². The van der Waals surface area contributed by atoms with Crippen LogP contribution in [-0.2, 0) is 11.3 Å². The largest absolute Gasteiger partial charge is 0.458 e. The molecule has 1 aliphatic carbocycles. The summed E-state index contributed by atoms with van der Waals surface area (Å²) in [4.78, 5) is 11.8. The second kappa shape index (κ2) is 5.95. The van der Waals surface area contributed by atoms with E-state index < -0.39 is 0 Å². The molecule has 1 aromatic rings. The number of nitrogens with zero attached hydrogens (tertiary/aromatic N) is 3. The van der Waals surface area contributed by atoms with E-state index in [2.05, 4.69) is 17.2 Å². The molecule has 0 bridgehead atoms. The summed E-state index contributed by atoms with van der Waals surface area (Å²) in [5, 5.41) is 7.62. The van der Waals surface area contributed by atoms with Gasteiger partial charge in [-0.05, 0) is 31.6 Å². The first-order valence-electron chi connectivity index (χ1n) is 6.50. The first-order valence-corrected chi connectivity index (χ1v) is 6.50. The Morgan fingerprint density at radius 1 is 1.50 bits per heavy atom. The molecule has 1 aromatic heterocycles. The lowest BCUT2D eigenvalue weighted by Crippen LogP contribution is -2.23. The highest BCUT2D eigenvalue weighted by molar-refractivity contribution is 5.86. The van der Waals surface area contributed by atoms with Gasteiger partial charge in [-0.2, -0.15) is 0 Å². The van der Waals surface area contributed by atoms with Crippen molar-refractivity contribution in [3.8, 4) is 0 Å². The lowest BCUT2D eigenvalue weighted by Gasteiger charge is -2.25. The number of aromatic nitrogens is 3. The van der Waals surface area contributed by atoms with E-state index in [1.807, 2.05) is 0 Å². The van der Waals surface area contributed by atoms with Crippen LogP contribution in [-0.4, -0.2) is 33.6 Å². The number of rotatable bonds is 4. The van der Waals surface area contributed by atoms with Crippen molar-refractivity contribution >= 4 is 5.97 Å². The van der Waals surface area contributed by atoms with Gasteiger partial charge < -0.3 is 10.5 Å². The van der Waals surface area contributed by atoms with E-state index >= 15 is 0 Å². The molecule has 6 nitrogen and oxygen atoms in total. The molecule has 1 fully saturated rings. The first-order chi connectivity index (χ1) is 8.69. The Morgan fingerprint density at radius 3 is 2.89 bits per heavy atom. The Balaban J connectivity index is 1.86. The predicted molar refractivity (Wildman–Crippen MR) is 65.9 cm³/mol. The van der Waals surface area contributed by atoms with Crippen LogP contribution in [0.1, 0.15) is 43.1 Å². The number of ether oxygens (including phenoxy) is 1. The summed E-state index contributed by atoms with van der Waals surface area (Å²) in [6.45, 7) is 3.26. The van der Waals surface area contributed by atoms with Crippen molar-refractivity contribution in [2.75, 3.05) is 6.54 Å². The molecule has 0 aliphatic heterocycles. The highest BCUT2D eigenvalue weighted by Crippen LogP contribution is 2.25. The van der Waals surface area contributed by atoms with Crippen molar-refractivity contribution in [3.63, 3.8) is 0 Å². The number of nitrogens with two attached hydrogens (primary N) is 1. The predicted octanol–water partition coefficient (Wildman–Crippen LogP) is 0.972. The van der Waals surface area contributed by atoms with Gasteiger partial charge in [-0.1, -0.05) is 12.1 Å². The fourth-order valence-electron chi connectivity index (χ4n) is 2.19. The van der Waals surface area contributed by atoms with Crippen LogP contribution in [0.15, 0.2) is 6.20 Å². The van der Waals surface area contributed by atoms with Gasteiger partial charge in [0.15, 0.2) is 5.69 Å². The molecule has 2 N–H and O–H groups in total. The molecule has 0 radical (unpaired) electrons. The molecule has 18 heavy (non-hydrogen) atoms. The smallest absolute Gasteiger partial charge is 0.360 e. The molecule has 1 heterocycles. The van der Waals surface area contributed by atoms with E-state index in [-0.39, 0.29) is 17.8 Å². The Morgan fingerprint density at radius 2 is 2.22 bits per heavy atom. The molecular formula is C12H20N4O2. The van der Waals surface area contributed by atoms with Gasteiger partial charge in [0.25, 0.3) is 0 Å². The normalized spacial score (nSPS) is 23.9. The highest BCUT2D eigenvalue weighted by atomic mass is 16.5. The molecule has 6 heteroatoms. The first kappa shape index (κ1) is 13.0. The van der Waals surface area contributed by atoms with E-state index in [9.17, 15) is 4.79 Å². The summed E-state index contributed by atoms with van der Waals surface area (Å²) in [6, 6.07) is 0. The SMILES string of the molecule is CC1CCC(OC(=O)c2cn(CCN)nn2)CC1. The highest BCUT2D eigenvalue weighted by Gasteiger charge is 2.23. The van der Waals surface area contributed by atoms with Gasteiger partial charge in [0.1, 0.15) is 6.10 Å². The second-order valence-electron chi connectivity index (χ2n) is 4.94. The third-order valence-corrected chi connectivity index (χ3v) is 3.34. The lowest BCUT2D eigenvalue weighted by molar-refractivity contribution is 0.0167. The maximum atomic E-state index is 11.8. The Kier molecular flexibility index (Phi) is 4.30. The van der Waals surface area contributed by atoms with E-state index in [1.54, 1.807) is 10.9 Å². The fourth-order valence-corrected chi connectivity index (χ4v) is 2.19. The summed E-state index contributed by atoms with van der Waals surface area (Å²) in [7, 11) is 0. The van der Waals surface area contributed by atoms with E-state index in [0.29, 0.717) is 13.1 Å². The van der Waals surface area contributed by atoms with E-state index in [0.717, 1.165) is 31.6 Å². The van der Waals surface area contributed by atoms with Crippen LogP contribution in [0, 0.1) is 5.92 Å². The molecule has 1 saturated carbocycles. The van der Waals surface area contributed by atoms with Gasteiger partial charge in [0.2, 0.25) is 0 Å². The molecule has 0 saturated heterocycles. The standard InChI is InChI=1S/C12H20N4O2/c1-9-2-4-10(5-3-9)18-12(17)11-8-16(7-6-13)15-14-11/h8-10H,2-7,13H2,1H3. The summed E-state index contributed by atoms with van der Waals surface area (Å²) in [6.07, 6.45) is 5.76. The van der Waals surface area contributed by atoms with Crippen molar-refractivity contribution in [1.29, 1.82) is 0 Å². The van der Waals surface area contributed by atoms with Gasteiger partial charge in [-0.3, -0.25) is 4.68 Å². The quantitative estimate of drug-likeness (QED) is 0.807. The van der Waals surface area contributed by atoms with Gasteiger partial charge in [0.05, 0.1) is 12.7 Å². The third-order valence-electron chi connectivity index (χ3n) is 3.34. The molecule has 0 unspecified atom stereocenters. The second-order valence-corrected chi connectivity index (χ2v) is 4.94. The molecule has 0 amide bonds. The zero-order chi connectivity index (χ0) is 13.0. The zero-order valence-electron chi connectivity index (χ0n) is 10.7. The van der Waals surface area contributed by atoms with Crippen molar-refractivity contribution < 1.29 is 9.53 Å². The molecule has 100 valence electrons. The van der Waals surface area contributed by atoms with E-state index in [1.165, 1.54) is 0 Å².